The lowest BCUT2D eigenvalue weighted by Gasteiger charge is -2.19. The van der Waals surface area contributed by atoms with E-state index in [4.69, 9.17) is 5.21 Å². The van der Waals surface area contributed by atoms with Crippen molar-refractivity contribution in [3.63, 3.8) is 0 Å². The first-order valence-electron chi connectivity index (χ1n) is 3.36. The van der Waals surface area contributed by atoms with Crippen LogP contribution in [-0.2, 0) is 0 Å². The minimum Gasteiger partial charge on any atom is -0.410 e. The quantitative estimate of drug-likeness (QED) is 0.312. The fourth-order valence-electron chi connectivity index (χ4n) is 0.605. The van der Waals surface area contributed by atoms with Crippen LogP contribution < -0.4 is 0 Å². The van der Waals surface area contributed by atoms with Gasteiger partial charge in [-0.25, -0.2) is 0 Å². The first kappa shape index (κ1) is 10.8. The van der Waals surface area contributed by atoms with Crippen molar-refractivity contribution >= 4 is 16.8 Å². The summed E-state index contributed by atoms with van der Waals surface area (Å²) < 4.78 is 12.3. The summed E-state index contributed by atoms with van der Waals surface area (Å²) in [4.78, 5) is 0. The van der Waals surface area contributed by atoms with Gasteiger partial charge in [0.05, 0.1) is 6.67 Å². The Morgan fingerprint density at radius 3 is 2.45 bits per heavy atom. The van der Waals surface area contributed by atoms with Gasteiger partial charge in [-0.1, -0.05) is 19.0 Å². The highest BCUT2D eigenvalue weighted by Crippen LogP contribution is 2.24. The predicted octanol–water partition coefficient (Wildman–Crippen LogP) is 2.52. The van der Waals surface area contributed by atoms with E-state index < -0.39 is 12.1 Å². The molecule has 0 aromatic carbocycles. The Labute approximate surface area is 70.9 Å². The van der Waals surface area contributed by atoms with E-state index in [-0.39, 0.29) is 0 Å². The van der Waals surface area contributed by atoms with Gasteiger partial charge in [0.1, 0.15) is 5.04 Å². The molecule has 0 radical (unpaired) electrons. The molecule has 2 nitrogen and oxygen atoms in total. The number of alkyl halides is 1. The lowest BCUT2D eigenvalue weighted by Crippen LogP contribution is -2.17. The van der Waals surface area contributed by atoms with Gasteiger partial charge in [-0.05, 0) is 11.7 Å². The third-order valence-electron chi connectivity index (χ3n) is 1.34. The molecule has 4 heteroatoms. The minimum absolute atomic E-state index is 0.396. The van der Waals surface area contributed by atoms with Crippen LogP contribution in [0.1, 0.15) is 20.3 Å². The lowest BCUT2D eigenvalue weighted by atomic mass is 9.92. The molecule has 0 saturated carbocycles. The molecule has 0 unspecified atom stereocenters. The molecule has 0 aliphatic rings. The van der Waals surface area contributed by atoms with E-state index in [1.165, 1.54) is 11.8 Å². The van der Waals surface area contributed by atoms with E-state index in [2.05, 4.69) is 5.16 Å². The number of hydrogen-bond donors (Lipinski definition) is 1. The molecule has 0 aliphatic heterocycles. The van der Waals surface area contributed by atoms with Crippen molar-refractivity contribution in [3.8, 4) is 0 Å². The number of nitrogens with zero attached hydrogens (tertiary/aromatic N) is 1. The predicted molar refractivity (Wildman–Crippen MR) is 47.1 cm³/mol. The largest absolute Gasteiger partial charge is 0.410 e. The summed E-state index contributed by atoms with van der Waals surface area (Å²) in [6, 6.07) is 0. The molecule has 0 rings (SSSR count). The Morgan fingerprint density at radius 1 is 1.64 bits per heavy atom. The normalized spacial score (nSPS) is 13.6. The zero-order valence-corrected chi connectivity index (χ0v) is 7.91. The van der Waals surface area contributed by atoms with Crippen molar-refractivity contribution in [2.75, 3.05) is 12.9 Å². The van der Waals surface area contributed by atoms with Gasteiger partial charge >= 0.3 is 0 Å². The topological polar surface area (TPSA) is 32.6 Å². The van der Waals surface area contributed by atoms with Gasteiger partial charge in [0.2, 0.25) is 0 Å². The first-order valence-corrected chi connectivity index (χ1v) is 4.59. The fourth-order valence-corrected chi connectivity index (χ4v) is 1.22. The average Bonchev–Trinajstić information content (AvgIpc) is 2.00. The van der Waals surface area contributed by atoms with E-state index in [0.717, 1.165) is 0 Å². The molecule has 0 aromatic heterocycles. The highest BCUT2D eigenvalue weighted by atomic mass is 32.2. The second kappa shape index (κ2) is 4.59. The number of rotatable bonds is 3. The van der Waals surface area contributed by atoms with E-state index in [9.17, 15) is 4.39 Å². The SMILES string of the molecule is CS/C(CC(C)(C)CF)=N\O. The molecule has 66 valence electrons. The highest BCUT2D eigenvalue weighted by molar-refractivity contribution is 8.13. The van der Waals surface area contributed by atoms with Crippen LogP contribution in [0.5, 0.6) is 0 Å². The van der Waals surface area contributed by atoms with Crippen molar-refractivity contribution in [2.45, 2.75) is 20.3 Å². The zero-order valence-electron chi connectivity index (χ0n) is 7.09. The average molecular weight is 179 g/mol. The van der Waals surface area contributed by atoms with Crippen molar-refractivity contribution in [1.29, 1.82) is 0 Å². The maximum atomic E-state index is 12.3. The first-order chi connectivity index (χ1) is 5.05. The van der Waals surface area contributed by atoms with Crippen molar-refractivity contribution in [2.24, 2.45) is 10.6 Å². The maximum Gasteiger partial charge on any atom is 0.113 e. The molecule has 0 atom stereocenters. The van der Waals surface area contributed by atoms with Crippen molar-refractivity contribution in [1.82, 2.24) is 0 Å². The summed E-state index contributed by atoms with van der Waals surface area (Å²) in [7, 11) is 0. The second-order valence-corrected chi connectivity index (χ2v) is 4.05. The van der Waals surface area contributed by atoms with Crippen LogP contribution in [0, 0.1) is 5.41 Å². The molecule has 0 amide bonds. The van der Waals surface area contributed by atoms with Gasteiger partial charge in [0.15, 0.2) is 0 Å². The Hall–Kier alpha value is -0.250. The van der Waals surface area contributed by atoms with Crippen LogP contribution in [0.4, 0.5) is 4.39 Å². The van der Waals surface area contributed by atoms with Crippen LogP contribution in [0.3, 0.4) is 0 Å². The summed E-state index contributed by atoms with van der Waals surface area (Å²) in [5.41, 5.74) is -0.412. The fraction of sp³-hybridized carbons (Fsp3) is 0.857. The molecule has 0 saturated heterocycles. The van der Waals surface area contributed by atoms with Crippen molar-refractivity contribution in [3.05, 3.63) is 0 Å². The van der Waals surface area contributed by atoms with Crippen LogP contribution in [0.15, 0.2) is 5.16 Å². The van der Waals surface area contributed by atoms with Crippen LogP contribution in [-0.4, -0.2) is 23.2 Å². The van der Waals surface area contributed by atoms with Gasteiger partial charge in [-0.3, -0.25) is 4.39 Å². The number of hydrogen-bond acceptors (Lipinski definition) is 3. The summed E-state index contributed by atoms with van der Waals surface area (Å²) >= 11 is 1.35. The molecule has 0 aromatic rings. The molecular formula is C7H14FNOS. The van der Waals surface area contributed by atoms with Gasteiger partial charge in [0, 0.05) is 6.42 Å². The summed E-state index contributed by atoms with van der Waals surface area (Å²) in [5.74, 6) is 0. The summed E-state index contributed by atoms with van der Waals surface area (Å²) in [5, 5.41) is 12.1. The molecule has 0 fully saturated rings. The van der Waals surface area contributed by atoms with Gasteiger partial charge < -0.3 is 5.21 Å². The summed E-state index contributed by atoms with van der Waals surface area (Å²) in [6.45, 7) is 3.20. The third kappa shape index (κ3) is 4.24. The number of halogens is 1. The smallest absolute Gasteiger partial charge is 0.113 e. The summed E-state index contributed by atoms with van der Waals surface area (Å²) in [6.07, 6.45) is 2.30. The van der Waals surface area contributed by atoms with Gasteiger partial charge in [-0.15, -0.1) is 11.8 Å². The maximum absolute atomic E-state index is 12.3. The molecule has 0 bridgehead atoms. The van der Waals surface area contributed by atoms with Gasteiger partial charge in [0.25, 0.3) is 0 Å². The Morgan fingerprint density at radius 2 is 2.18 bits per heavy atom. The van der Waals surface area contributed by atoms with E-state index in [1.807, 2.05) is 6.26 Å². The molecule has 1 N–H and O–H groups in total. The zero-order chi connectivity index (χ0) is 8.91. The highest BCUT2D eigenvalue weighted by Gasteiger charge is 2.20. The second-order valence-electron chi connectivity index (χ2n) is 3.17. The van der Waals surface area contributed by atoms with E-state index in [0.29, 0.717) is 11.5 Å². The number of thioether (sulfide) groups is 1. The number of oxime groups is 1. The lowest BCUT2D eigenvalue weighted by molar-refractivity contribution is 0.262. The Balaban J connectivity index is 4.01. The molecule has 0 heterocycles. The Bertz CT molecular complexity index is 147. The van der Waals surface area contributed by atoms with Crippen molar-refractivity contribution < 1.29 is 9.60 Å². The Kier molecular flexibility index (Phi) is 4.49. The standard InChI is InChI=1S/C7H14FNOS/c1-7(2,5-8)4-6(9-10)11-3/h10H,4-5H2,1-3H3/b9-6-. The van der Waals surface area contributed by atoms with Crippen LogP contribution in [0.25, 0.3) is 0 Å². The minimum atomic E-state index is -0.412. The molecule has 0 spiro atoms. The monoisotopic (exact) mass is 179 g/mol. The molecule has 11 heavy (non-hydrogen) atoms. The van der Waals surface area contributed by atoms with Crippen LogP contribution in [0.2, 0.25) is 0 Å². The van der Waals surface area contributed by atoms with E-state index in [1.54, 1.807) is 13.8 Å². The van der Waals surface area contributed by atoms with Crippen LogP contribution >= 0.6 is 11.8 Å². The van der Waals surface area contributed by atoms with E-state index >= 15 is 0 Å². The third-order valence-corrected chi connectivity index (χ3v) is 2.04. The molecule has 0 aliphatic carbocycles. The molecular weight excluding hydrogens is 165 g/mol. The van der Waals surface area contributed by atoms with Gasteiger partial charge in [-0.2, -0.15) is 0 Å².